The third kappa shape index (κ3) is 0.888. The van der Waals surface area contributed by atoms with Crippen molar-refractivity contribution in [2.45, 2.75) is 0 Å². The van der Waals surface area contributed by atoms with Crippen LogP contribution in [-0.2, 0) is 0 Å². The molecule has 0 spiro atoms. The molecule has 3 aromatic rings. The van der Waals surface area contributed by atoms with Crippen molar-refractivity contribution >= 4 is 11.6 Å². The summed E-state index contributed by atoms with van der Waals surface area (Å²) < 4.78 is 13.8. The minimum absolute atomic E-state index is 0.0487. The van der Waals surface area contributed by atoms with Crippen LogP contribution in [0, 0.1) is 5.21 Å². The quantitative estimate of drug-likeness (QED) is 0.479. The van der Waals surface area contributed by atoms with Crippen molar-refractivity contribution in [1.82, 2.24) is 25.8 Å². The van der Waals surface area contributed by atoms with Crippen molar-refractivity contribution in [3.05, 3.63) is 5.21 Å². The van der Waals surface area contributed by atoms with Gasteiger partial charge in [0.25, 0.3) is 11.4 Å². The third-order valence-corrected chi connectivity index (χ3v) is 2.64. The Morgan fingerprint density at radius 1 is 0.944 bits per heavy atom. The van der Waals surface area contributed by atoms with Crippen LogP contribution in [0.3, 0.4) is 0 Å². The second-order valence-corrected chi connectivity index (χ2v) is 3.56. The van der Waals surface area contributed by atoms with Gasteiger partial charge in [-0.25, -0.2) is 9.26 Å². The van der Waals surface area contributed by atoms with E-state index in [0.717, 1.165) is 0 Å². The molecule has 0 aliphatic carbocycles. The van der Waals surface area contributed by atoms with E-state index in [2.05, 4.69) is 39.7 Å². The molecule has 0 saturated heterocycles. The fourth-order valence-corrected chi connectivity index (χ4v) is 1.81. The van der Waals surface area contributed by atoms with Gasteiger partial charge in [0, 0.05) is 12.2 Å². The lowest BCUT2D eigenvalue weighted by Crippen LogP contribution is -2.25. The lowest BCUT2D eigenvalue weighted by molar-refractivity contribution is -0.793. The first-order valence-electron chi connectivity index (χ1n) is 4.76. The Morgan fingerprint density at radius 2 is 1.61 bits per heavy atom. The second-order valence-electron chi connectivity index (χ2n) is 3.56. The van der Waals surface area contributed by atoms with Crippen LogP contribution in [-0.4, -0.2) is 32.8 Å². The lowest BCUT2D eigenvalue weighted by atomic mass is 10.2. The van der Waals surface area contributed by atoms with E-state index >= 15 is 0 Å². The maximum atomic E-state index is 11.6. The standard InChI is InChI=1S/C7H3N7O4/c1-13-6-3(8-16-11-6)2-5(14(15)18-10-2)4-7(13)12-17-9-4/h1H3. The average Bonchev–Trinajstić information content (AvgIpc) is 3.03. The zero-order valence-electron chi connectivity index (χ0n) is 8.76. The minimum atomic E-state index is 0.0487. The number of aromatic nitrogens is 6. The summed E-state index contributed by atoms with van der Waals surface area (Å²) in [6.07, 6.45) is 0. The highest BCUT2D eigenvalue weighted by Crippen LogP contribution is 2.41. The molecular weight excluding hydrogens is 246 g/mol. The van der Waals surface area contributed by atoms with Gasteiger partial charge < -0.3 is 10.1 Å². The van der Waals surface area contributed by atoms with Gasteiger partial charge in [-0.2, -0.15) is 0 Å². The fraction of sp³-hybridized carbons (Fsp3) is 0.143. The van der Waals surface area contributed by atoms with Gasteiger partial charge >= 0.3 is 0 Å². The Morgan fingerprint density at radius 3 is 2.39 bits per heavy atom. The SMILES string of the molecule is CN1c2nonc2-c2no[n+]([O-])c2-c2nonc21. The summed E-state index contributed by atoms with van der Waals surface area (Å²) in [4.78, 5) is 1.73. The van der Waals surface area contributed by atoms with Crippen LogP contribution < -0.4 is 9.80 Å². The molecule has 1 aliphatic heterocycles. The average molecular weight is 249 g/mol. The maximum Gasteiger partial charge on any atom is 0.284 e. The first kappa shape index (κ1) is 9.09. The van der Waals surface area contributed by atoms with E-state index in [-0.39, 0.29) is 27.7 Å². The summed E-state index contributed by atoms with van der Waals surface area (Å²) in [5.74, 6) is 0.623. The topological polar surface area (TPSA) is 134 Å². The van der Waals surface area contributed by atoms with Gasteiger partial charge in [0.1, 0.15) is 0 Å². The van der Waals surface area contributed by atoms with Crippen LogP contribution in [0.4, 0.5) is 11.6 Å². The van der Waals surface area contributed by atoms with Gasteiger partial charge in [-0.15, -0.1) is 0 Å². The van der Waals surface area contributed by atoms with Gasteiger partial charge in [0.05, 0.1) is 0 Å². The molecule has 0 aromatic carbocycles. The summed E-state index contributed by atoms with van der Waals surface area (Å²) >= 11 is 0. The van der Waals surface area contributed by atoms with E-state index < -0.39 is 0 Å². The Balaban J connectivity index is 2.17. The molecule has 3 aromatic heterocycles. The van der Waals surface area contributed by atoms with Crippen LogP contribution in [0.25, 0.3) is 22.8 Å². The summed E-state index contributed by atoms with van der Waals surface area (Å²) in [6, 6.07) is 0. The van der Waals surface area contributed by atoms with Crippen molar-refractivity contribution in [3.63, 3.8) is 0 Å². The largest absolute Gasteiger partial charge is 0.359 e. The highest BCUT2D eigenvalue weighted by atomic mass is 16.8. The number of fused-ring (bicyclic) bond motifs is 5. The highest BCUT2D eigenvalue weighted by molar-refractivity contribution is 5.88. The van der Waals surface area contributed by atoms with E-state index in [4.69, 9.17) is 0 Å². The maximum absolute atomic E-state index is 11.6. The molecule has 11 nitrogen and oxygen atoms in total. The number of nitrogens with zero attached hydrogens (tertiary/aromatic N) is 7. The molecule has 0 saturated carbocycles. The lowest BCUT2D eigenvalue weighted by Gasteiger charge is -2.09. The normalized spacial score (nSPS) is 12.8. The molecule has 0 atom stereocenters. The van der Waals surface area contributed by atoms with E-state index in [0.29, 0.717) is 11.6 Å². The van der Waals surface area contributed by atoms with Gasteiger partial charge in [0.15, 0.2) is 0 Å². The van der Waals surface area contributed by atoms with E-state index in [9.17, 15) is 5.21 Å². The van der Waals surface area contributed by atoms with Crippen molar-refractivity contribution < 1.29 is 18.8 Å². The number of hydrogen-bond donors (Lipinski definition) is 0. The zero-order chi connectivity index (χ0) is 12.3. The molecule has 0 unspecified atom stereocenters. The number of anilines is 2. The second kappa shape index (κ2) is 2.82. The molecule has 90 valence electrons. The van der Waals surface area contributed by atoms with Crippen LogP contribution in [0.5, 0.6) is 0 Å². The molecule has 0 radical (unpaired) electrons. The molecule has 4 rings (SSSR count). The first-order chi connectivity index (χ1) is 8.77. The van der Waals surface area contributed by atoms with Crippen LogP contribution in [0.1, 0.15) is 0 Å². The van der Waals surface area contributed by atoms with Gasteiger partial charge in [-0.05, 0) is 25.5 Å². The molecule has 1 aliphatic rings. The Labute approximate surface area is 97.0 Å². The Hall–Kier alpha value is -2.98. The first-order valence-corrected chi connectivity index (χ1v) is 4.76. The molecule has 0 fully saturated rings. The van der Waals surface area contributed by atoms with E-state index in [1.807, 2.05) is 0 Å². The molecule has 0 N–H and O–H groups in total. The summed E-state index contributed by atoms with van der Waals surface area (Å²) in [5.41, 5.74) is 0.685. The molecule has 11 heteroatoms. The van der Waals surface area contributed by atoms with Gasteiger partial charge in [0.2, 0.25) is 23.0 Å². The molecule has 0 amide bonds. The number of hydrogen-bond acceptors (Lipinski definition) is 10. The third-order valence-electron chi connectivity index (χ3n) is 2.64. The predicted molar refractivity (Wildman–Crippen MR) is 50.1 cm³/mol. The summed E-state index contributed by atoms with van der Waals surface area (Å²) in [7, 11) is 1.66. The van der Waals surface area contributed by atoms with Gasteiger partial charge in [-0.3, -0.25) is 4.63 Å². The minimum Gasteiger partial charge on any atom is -0.359 e. The van der Waals surface area contributed by atoms with Crippen LogP contribution in [0.15, 0.2) is 13.9 Å². The van der Waals surface area contributed by atoms with E-state index in [1.165, 1.54) is 4.90 Å². The van der Waals surface area contributed by atoms with Crippen LogP contribution in [0.2, 0.25) is 0 Å². The zero-order valence-corrected chi connectivity index (χ0v) is 8.76. The monoisotopic (exact) mass is 249 g/mol. The molecular formula is C7H3N7O4. The predicted octanol–water partition coefficient (Wildman–Crippen LogP) is -0.511. The smallest absolute Gasteiger partial charge is 0.284 e. The summed E-state index contributed by atoms with van der Waals surface area (Å²) in [5, 5.41) is 30.0. The Bertz CT molecular complexity index is 743. The molecule has 18 heavy (non-hydrogen) atoms. The molecule has 4 heterocycles. The summed E-state index contributed by atoms with van der Waals surface area (Å²) in [6.45, 7) is 0. The number of rotatable bonds is 0. The fourth-order valence-electron chi connectivity index (χ4n) is 1.81. The highest BCUT2D eigenvalue weighted by Gasteiger charge is 2.39. The Kier molecular flexibility index (Phi) is 1.43. The van der Waals surface area contributed by atoms with Crippen molar-refractivity contribution in [3.8, 4) is 22.8 Å². The van der Waals surface area contributed by atoms with Gasteiger partial charge in [-0.1, -0.05) is 0 Å². The van der Waals surface area contributed by atoms with Crippen molar-refractivity contribution in [1.29, 1.82) is 0 Å². The van der Waals surface area contributed by atoms with Crippen LogP contribution >= 0.6 is 0 Å². The molecule has 0 bridgehead atoms. The van der Waals surface area contributed by atoms with Crippen molar-refractivity contribution in [2.24, 2.45) is 0 Å². The van der Waals surface area contributed by atoms with Crippen molar-refractivity contribution in [2.75, 3.05) is 11.9 Å². The van der Waals surface area contributed by atoms with E-state index in [1.54, 1.807) is 7.05 Å².